The van der Waals surface area contributed by atoms with Gasteiger partial charge in [0.1, 0.15) is 11.4 Å². The van der Waals surface area contributed by atoms with Gasteiger partial charge in [-0.1, -0.05) is 43.3 Å². The summed E-state index contributed by atoms with van der Waals surface area (Å²) in [6.45, 7) is 6.12. The van der Waals surface area contributed by atoms with Crippen LogP contribution in [0.25, 0.3) is 27.5 Å². The molecule has 0 saturated heterocycles. The van der Waals surface area contributed by atoms with Gasteiger partial charge in [0.05, 0.1) is 11.0 Å². The minimum atomic E-state index is -0.287. The van der Waals surface area contributed by atoms with Crippen LogP contribution in [0.2, 0.25) is 0 Å². The van der Waals surface area contributed by atoms with Crippen molar-refractivity contribution in [3.63, 3.8) is 0 Å². The van der Waals surface area contributed by atoms with Crippen LogP contribution in [0.4, 0.5) is 0 Å². The summed E-state index contributed by atoms with van der Waals surface area (Å²) in [7, 11) is 0. The van der Waals surface area contributed by atoms with Crippen LogP contribution < -0.4 is 4.74 Å². The third kappa shape index (κ3) is 3.88. The van der Waals surface area contributed by atoms with Gasteiger partial charge in [-0.05, 0) is 81.3 Å². The van der Waals surface area contributed by atoms with Gasteiger partial charge in [-0.15, -0.1) is 0 Å². The number of aromatic nitrogens is 1. The van der Waals surface area contributed by atoms with E-state index in [0.29, 0.717) is 0 Å². The molecule has 5 rings (SSSR count). The third-order valence-corrected chi connectivity index (χ3v) is 7.11. The standard InChI is InChI=1S/C29H31NO3/c1-4-29(15-9-10-16-29)33-27(31)19-32-28-20(2)17-22(18-21(28)3)30-25-13-7-5-11-23(25)24-12-6-8-14-26(24)30/h5-8,11-14,17-18H,4,9-10,15-16,19H2,1-3H3. The van der Waals surface area contributed by atoms with Crippen LogP contribution in [-0.4, -0.2) is 22.7 Å². The topological polar surface area (TPSA) is 40.5 Å². The van der Waals surface area contributed by atoms with E-state index in [1.54, 1.807) is 0 Å². The zero-order chi connectivity index (χ0) is 23.0. The molecule has 3 aromatic carbocycles. The van der Waals surface area contributed by atoms with Crippen LogP contribution in [0.15, 0.2) is 60.7 Å². The Hall–Kier alpha value is -3.27. The maximum Gasteiger partial charge on any atom is 0.344 e. The van der Waals surface area contributed by atoms with E-state index in [2.05, 4.69) is 72.2 Å². The summed E-state index contributed by atoms with van der Waals surface area (Å²) >= 11 is 0. The van der Waals surface area contributed by atoms with Crippen molar-refractivity contribution in [2.24, 2.45) is 0 Å². The van der Waals surface area contributed by atoms with Crippen LogP contribution in [0.3, 0.4) is 0 Å². The summed E-state index contributed by atoms with van der Waals surface area (Å²) < 4.78 is 14.2. The maximum atomic E-state index is 12.6. The SMILES string of the molecule is CCC1(OC(=O)COc2c(C)cc(-n3c4ccccc4c4ccccc43)cc2C)CCCC1. The first-order valence-electron chi connectivity index (χ1n) is 12.0. The molecule has 0 N–H and O–H groups in total. The lowest BCUT2D eigenvalue weighted by molar-refractivity contribution is -0.162. The number of benzene rings is 3. The molecule has 4 nitrogen and oxygen atoms in total. The molecule has 1 aliphatic carbocycles. The summed E-state index contributed by atoms with van der Waals surface area (Å²) in [4.78, 5) is 12.6. The fraction of sp³-hybridized carbons (Fsp3) is 0.345. The molecule has 0 spiro atoms. The van der Waals surface area contributed by atoms with Gasteiger partial charge < -0.3 is 14.0 Å². The lowest BCUT2D eigenvalue weighted by Gasteiger charge is -2.27. The number of esters is 1. The van der Waals surface area contributed by atoms with Crippen molar-refractivity contribution >= 4 is 27.8 Å². The minimum absolute atomic E-state index is 0.0574. The van der Waals surface area contributed by atoms with Crippen molar-refractivity contribution in [3.05, 3.63) is 71.8 Å². The van der Waals surface area contributed by atoms with Crippen LogP contribution in [0, 0.1) is 13.8 Å². The number of ether oxygens (including phenoxy) is 2. The first-order chi connectivity index (χ1) is 16.0. The number of carbonyl (C=O) groups excluding carboxylic acids is 1. The highest BCUT2D eigenvalue weighted by atomic mass is 16.6. The smallest absolute Gasteiger partial charge is 0.344 e. The molecule has 0 radical (unpaired) electrons. The van der Waals surface area contributed by atoms with Gasteiger partial charge in [-0.3, -0.25) is 0 Å². The van der Waals surface area contributed by atoms with Gasteiger partial charge in [0.15, 0.2) is 6.61 Å². The van der Waals surface area contributed by atoms with E-state index < -0.39 is 0 Å². The van der Waals surface area contributed by atoms with Crippen LogP contribution in [0.5, 0.6) is 5.75 Å². The van der Waals surface area contributed by atoms with E-state index in [-0.39, 0.29) is 18.2 Å². The molecule has 0 atom stereocenters. The number of hydrogen-bond acceptors (Lipinski definition) is 3. The molecule has 0 bridgehead atoms. The van der Waals surface area contributed by atoms with Crippen molar-refractivity contribution in [2.75, 3.05) is 6.61 Å². The molecule has 1 saturated carbocycles. The average molecular weight is 442 g/mol. The average Bonchev–Trinajstić information content (AvgIpc) is 3.41. The molecule has 0 unspecified atom stereocenters. The second-order valence-electron chi connectivity index (χ2n) is 9.28. The van der Waals surface area contributed by atoms with Gasteiger partial charge >= 0.3 is 5.97 Å². The minimum Gasteiger partial charge on any atom is -0.481 e. The summed E-state index contributed by atoms with van der Waals surface area (Å²) in [6, 6.07) is 21.3. The molecule has 1 fully saturated rings. The maximum absolute atomic E-state index is 12.6. The highest BCUT2D eigenvalue weighted by molar-refractivity contribution is 6.09. The lowest BCUT2D eigenvalue weighted by Crippen LogP contribution is -2.33. The number of rotatable bonds is 6. The second-order valence-corrected chi connectivity index (χ2v) is 9.28. The molecule has 33 heavy (non-hydrogen) atoms. The van der Waals surface area contributed by atoms with Crippen LogP contribution in [-0.2, 0) is 9.53 Å². The fourth-order valence-electron chi connectivity index (χ4n) is 5.43. The molecule has 4 aromatic rings. The quantitative estimate of drug-likeness (QED) is 0.301. The van der Waals surface area contributed by atoms with Crippen molar-refractivity contribution in [2.45, 2.75) is 58.5 Å². The molecule has 1 aliphatic rings. The molecule has 170 valence electrons. The van der Waals surface area contributed by atoms with Gasteiger partial charge in [0.25, 0.3) is 0 Å². The molecule has 1 aromatic heterocycles. The van der Waals surface area contributed by atoms with Crippen molar-refractivity contribution < 1.29 is 14.3 Å². The zero-order valence-corrected chi connectivity index (χ0v) is 19.7. The van der Waals surface area contributed by atoms with E-state index in [0.717, 1.165) is 54.7 Å². The number of nitrogens with zero attached hydrogens (tertiary/aromatic N) is 1. The normalized spacial score (nSPS) is 15.2. The Labute approximate surface area is 195 Å². The van der Waals surface area contributed by atoms with Crippen molar-refractivity contribution in [3.8, 4) is 11.4 Å². The van der Waals surface area contributed by atoms with Crippen molar-refractivity contribution in [1.82, 2.24) is 4.57 Å². The van der Waals surface area contributed by atoms with Gasteiger partial charge in [-0.25, -0.2) is 4.79 Å². The van der Waals surface area contributed by atoms with E-state index >= 15 is 0 Å². The van der Waals surface area contributed by atoms with Gasteiger partial charge in [0, 0.05) is 16.5 Å². The number of hydrogen-bond donors (Lipinski definition) is 0. The fourth-order valence-corrected chi connectivity index (χ4v) is 5.43. The van der Waals surface area contributed by atoms with E-state index in [1.165, 1.54) is 21.8 Å². The van der Waals surface area contributed by atoms with E-state index in [1.807, 2.05) is 13.8 Å². The Kier molecular flexibility index (Phi) is 5.61. The zero-order valence-electron chi connectivity index (χ0n) is 19.7. The monoisotopic (exact) mass is 441 g/mol. The van der Waals surface area contributed by atoms with Gasteiger partial charge in [-0.2, -0.15) is 0 Å². The third-order valence-electron chi connectivity index (χ3n) is 7.11. The highest BCUT2D eigenvalue weighted by Gasteiger charge is 2.35. The summed E-state index contributed by atoms with van der Waals surface area (Å²) in [5.74, 6) is 0.484. The molecular formula is C29H31NO3. The Morgan fingerprint density at radius 1 is 0.909 bits per heavy atom. The Morgan fingerprint density at radius 3 is 2.00 bits per heavy atom. The molecule has 0 aliphatic heterocycles. The summed E-state index contributed by atoms with van der Waals surface area (Å²) in [6.07, 6.45) is 5.04. The second kappa shape index (κ2) is 8.58. The van der Waals surface area contributed by atoms with E-state index in [4.69, 9.17) is 9.47 Å². The summed E-state index contributed by atoms with van der Waals surface area (Å²) in [5.41, 5.74) is 5.17. The number of carbonyl (C=O) groups is 1. The Bertz CT molecular complexity index is 1250. The largest absolute Gasteiger partial charge is 0.481 e. The van der Waals surface area contributed by atoms with Crippen molar-refractivity contribution in [1.29, 1.82) is 0 Å². The Morgan fingerprint density at radius 2 is 1.45 bits per heavy atom. The lowest BCUT2D eigenvalue weighted by atomic mass is 9.99. The number of fused-ring (bicyclic) bond motifs is 3. The van der Waals surface area contributed by atoms with Crippen LogP contribution >= 0.6 is 0 Å². The molecular weight excluding hydrogens is 410 g/mol. The first kappa shape index (κ1) is 21.6. The van der Waals surface area contributed by atoms with Gasteiger partial charge in [0.2, 0.25) is 0 Å². The number of para-hydroxylation sites is 2. The predicted molar refractivity (Wildman–Crippen MR) is 133 cm³/mol. The molecule has 4 heteroatoms. The van der Waals surface area contributed by atoms with Crippen LogP contribution in [0.1, 0.15) is 50.2 Å². The summed E-state index contributed by atoms with van der Waals surface area (Å²) in [5, 5.41) is 2.48. The molecule has 0 amide bonds. The first-order valence-corrected chi connectivity index (χ1v) is 12.0. The number of aryl methyl sites for hydroxylation is 2. The highest BCUT2D eigenvalue weighted by Crippen LogP contribution is 2.37. The Balaban J connectivity index is 1.43. The molecule has 1 heterocycles. The van der Waals surface area contributed by atoms with E-state index in [9.17, 15) is 4.79 Å². The predicted octanol–water partition coefficient (Wildman–Crippen LogP) is 7.05.